The highest BCUT2D eigenvalue weighted by Gasteiger charge is 2.15. The van der Waals surface area contributed by atoms with Gasteiger partial charge in [-0.3, -0.25) is 0 Å². The Balaban J connectivity index is 1.36. The molecule has 0 amide bonds. The molecule has 4 nitrogen and oxygen atoms in total. The van der Waals surface area contributed by atoms with Gasteiger partial charge in [0.25, 0.3) is 0 Å². The first-order valence-electron chi connectivity index (χ1n) is 13.8. The van der Waals surface area contributed by atoms with E-state index in [0.29, 0.717) is 35.6 Å². The van der Waals surface area contributed by atoms with Crippen molar-refractivity contribution < 1.29 is 9.47 Å². The highest BCUT2D eigenvalue weighted by atomic mass is 35.5. The average Bonchev–Trinajstić information content (AvgIpc) is 2.95. The maximum Gasteiger partial charge on any atom is 0.156 e. The molecule has 0 aliphatic rings. The van der Waals surface area contributed by atoms with E-state index in [1.807, 2.05) is 38.1 Å². The van der Waals surface area contributed by atoms with E-state index in [-0.39, 0.29) is 5.92 Å². The van der Waals surface area contributed by atoms with Crippen molar-refractivity contribution in [2.45, 2.75) is 39.7 Å². The van der Waals surface area contributed by atoms with Crippen molar-refractivity contribution in [3.63, 3.8) is 0 Å². The van der Waals surface area contributed by atoms with Gasteiger partial charge in [-0.15, -0.1) is 0 Å². The number of nitrogens with one attached hydrogen (secondary N) is 1. The maximum absolute atomic E-state index is 6.28. The summed E-state index contributed by atoms with van der Waals surface area (Å²) in [6.07, 6.45) is 0.851. The van der Waals surface area contributed by atoms with E-state index in [9.17, 15) is 0 Å². The third-order valence-corrected chi connectivity index (χ3v) is 7.61. The highest BCUT2D eigenvalue weighted by Crippen LogP contribution is 2.34. The van der Waals surface area contributed by atoms with Crippen LogP contribution in [0.2, 0.25) is 10.0 Å². The number of hydrogen-bond acceptors (Lipinski definition) is 4. The fourth-order valence-corrected chi connectivity index (χ4v) is 5.66. The summed E-state index contributed by atoms with van der Waals surface area (Å²) in [5, 5.41) is 4.35. The second-order valence-corrected chi connectivity index (χ2v) is 11.2. The molecule has 0 aromatic heterocycles. The van der Waals surface area contributed by atoms with Gasteiger partial charge >= 0.3 is 0 Å². The summed E-state index contributed by atoms with van der Waals surface area (Å²) in [5.74, 6) is 1.48. The molecule has 1 unspecified atom stereocenters. The Bertz CT molecular complexity index is 1460. The second kappa shape index (κ2) is 14.5. The van der Waals surface area contributed by atoms with Crippen LogP contribution in [-0.4, -0.2) is 19.8 Å². The Kier molecular flexibility index (Phi) is 10.8. The van der Waals surface area contributed by atoms with Crippen LogP contribution >= 0.6 is 23.2 Å². The fraction of sp³-hybridized carbons (Fsp3) is 0.257. The Morgan fingerprint density at radius 1 is 0.902 bits per heavy atom. The molecule has 0 aliphatic heterocycles. The van der Waals surface area contributed by atoms with Gasteiger partial charge in [0, 0.05) is 18.2 Å². The van der Waals surface area contributed by atoms with Gasteiger partial charge in [-0.05, 0) is 96.9 Å². The lowest BCUT2D eigenvalue weighted by atomic mass is 9.87. The van der Waals surface area contributed by atoms with Crippen LogP contribution in [0.5, 0.6) is 11.5 Å². The van der Waals surface area contributed by atoms with Gasteiger partial charge in [0.1, 0.15) is 19.0 Å². The van der Waals surface area contributed by atoms with E-state index < -0.39 is 0 Å². The predicted molar refractivity (Wildman–Crippen MR) is 172 cm³/mol. The highest BCUT2D eigenvalue weighted by molar-refractivity contribution is 6.37. The van der Waals surface area contributed by atoms with Crippen LogP contribution < -0.4 is 20.5 Å². The predicted octanol–water partition coefficient (Wildman–Crippen LogP) is 8.64. The minimum atomic E-state index is 0.216. The molecule has 0 bridgehead atoms. The smallest absolute Gasteiger partial charge is 0.156 e. The molecule has 0 aliphatic carbocycles. The summed E-state index contributed by atoms with van der Waals surface area (Å²) >= 11 is 12.5. The Morgan fingerprint density at radius 2 is 1.59 bits per heavy atom. The van der Waals surface area contributed by atoms with Crippen molar-refractivity contribution in [2.75, 3.05) is 19.8 Å². The van der Waals surface area contributed by atoms with E-state index in [2.05, 4.69) is 73.4 Å². The lowest BCUT2D eigenvalue weighted by Crippen LogP contribution is -2.16. The van der Waals surface area contributed by atoms with Crippen LogP contribution in [0.1, 0.15) is 40.7 Å². The first-order valence-corrected chi connectivity index (χ1v) is 14.6. The van der Waals surface area contributed by atoms with Crippen molar-refractivity contribution >= 4 is 23.2 Å². The van der Waals surface area contributed by atoms with Crippen LogP contribution in [0.3, 0.4) is 0 Å². The summed E-state index contributed by atoms with van der Waals surface area (Å²) in [6.45, 7) is 12.1. The number of allylic oxidation sites excluding steroid dienone is 1. The quantitative estimate of drug-likeness (QED) is 0.153. The number of ether oxygens (including phenoxy) is 2. The summed E-state index contributed by atoms with van der Waals surface area (Å²) in [6, 6.07) is 27.0. The topological polar surface area (TPSA) is 56.5 Å². The van der Waals surface area contributed by atoms with Crippen molar-refractivity contribution in [2.24, 2.45) is 5.73 Å². The van der Waals surface area contributed by atoms with Crippen molar-refractivity contribution in [1.82, 2.24) is 5.32 Å². The molecule has 0 spiro atoms. The molecule has 0 saturated carbocycles. The fourth-order valence-electron chi connectivity index (χ4n) is 4.96. The summed E-state index contributed by atoms with van der Waals surface area (Å²) in [7, 11) is 0. The molecule has 0 fully saturated rings. The van der Waals surface area contributed by atoms with Crippen molar-refractivity contribution in [3.8, 4) is 22.6 Å². The van der Waals surface area contributed by atoms with E-state index in [4.69, 9.17) is 38.4 Å². The van der Waals surface area contributed by atoms with E-state index in [1.165, 1.54) is 33.4 Å². The third kappa shape index (κ3) is 8.29. The zero-order valence-corrected chi connectivity index (χ0v) is 25.5. The number of hydrogen-bond donors (Lipinski definition) is 2. The van der Waals surface area contributed by atoms with Gasteiger partial charge in [0.05, 0.1) is 10.0 Å². The van der Waals surface area contributed by atoms with Crippen molar-refractivity contribution in [3.05, 3.63) is 129 Å². The van der Waals surface area contributed by atoms with Crippen LogP contribution in [0.25, 0.3) is 11.1 Å². The van der Waals surface area contributed by atoms with Gasteiger partial charge in [0.2, 0.25) is 0 Å². The molecule has 214 valence electrons. The van der Waals surface area contributed by atoms with E-state index in [0.717, 1.165) is 30.0 Å². The van der Waals surface area contributed by atoms with Crippen molar-refractivity contribution in [1.29, 1.82) is 0 Å². The van der Waals surface area contributed by atoms with Gasteiger partial charge in [-0.1, -0.05) is 84.4 Å². The molecule has 0 saturated heterocycles. The molecule has 4 rings (SSSR count). The van der Waals surface area contributed by atoms with Crippen LogP contribution in [0.15, 0.2) is 91.1 Å². The molecule has 6 heteroatoms. The maximum atomic E-state index is 6.28. The molecule has 41 heavy (non-hydrogen) atoms. The molecule has 3 N–H and O–H groups in total. The molecule has 4 aromatic rings. The van der Waals surface area contributed by atoms with E-state index in [1.54, 1.807) is 0 Å². The standard InChI is InChI=1S/C35H38Cl2N2O2/c1-23(2)39-22-28-7-5-6-8-32(28)27-11-14-31(25(4)19-27)29(21-38)20-26-9-12-30(13-10-26)40-15-16-41-35-33(36)17-24(3)18-34(35)37/h5-14,17-19,29,39H,1,15-16,20-22,38H2,2-4H3. The lowest BCUT2D eigenvalue weighted by molar-refractivity contribution is 0.217. The minimum Gasteiger partial charge on any atom is -0.490 e. The number of rotatable bonds is 13. The summed E-state index contributed by atoms with van der Waals surface area (Å²) < 4.78 is 11.6. The monoisotopic (exact) mass is 588 g/mol. The Hall–Kier alpha value is -3.44. The minimum absolute atomic E-state index is 0.216. The molecular formula is C35H38Cl2N2O2. The van der Waals surface area contributed by atoms with Gasteiger partial charge in [-0.2, -0.15) is 0 Å². The normalized spacial score (nSPS) is 11.7. The molecular weight excluding hydrogens is 551 g/mol. The Labute approximate surface area is 254 Å². The van der Waals surface area contributed by atoms with Crippen LogP contribution in [-0.2, 0) is 13.0 Å². The Morgan fingerprint density at radius 3 is 2.24 bits per heavy atom. The van der Waals surface area contributed by atoms with Gasteiger partial charge in [-0.25, -0.2) is 0 Å². The number of halogens is 2. The molecule has 1 atom stereocenters. The lowest BCUT2D eigenvalue weighted by Gasteiger charge is -2.20. The number of benzene rings is 4. The molecule has 4 aromatic carbocycles. The zero-order valence-electron chi connectivity index (χ0n) is 24.0. The van der Waals surface area contributed by atoms with Gasteiger partial charge in [0.15, 0.2) is 5.75 Å². The third-order valence-electron chi connectivity index (χ3n) is 7.05. The number of aryl methyl sites for hydroxylation is 2. The zero-order chi connectivity index (χ0) is 29.4. The SMILES string of the molecule is C=C(C)NCc1ccccc1-c1ccc(C(CN)Cc2ccc(OCCOc3c(Cl)cc(C)cc3Cl)cc2)c(C)c1. The summed E-state index contributed by atoms with van der Waals surface area (Å²) in [5.41, 5.74) is 15.6. The van der Waals surface area contributed by atoms with Crippen LogP contribution in [0.4, 0.5) is 0 Å². The first-order chi connectivity index (χ1) is 19.7. The molecule has 0 radical (unpaired) electrons. The molecule has 0 heterocycles. The van der Waals surface area contributed by atoms with E-state index >= 15 is 0 Å². The van der Waals surface area contributed by atoms with Gasteiger partial charge < -0.3 is 20.5 Å². The average molecular weight is 590 g/mol. The summed E-state index contributed by atoms with van der Waals surface area (Å²) in [4.78, 5) is 0. The number of nitrogens with two attached hydrogens (primary N) is 1. The van der Waals surface area contributed by atoms with Crippen LogP contribution in [0, 0.1) is 13.8 Å². The second-order valence-electron chi connectivity index (χ2n) is 10.4. The first kappa shape index (κ1) is 30.5. The largest absolute Gasteiger partial charge is 0.490 e.